The predicted octanol–water partition coefficient (Wildman–Crippen LogP) is 4.77. The molecule has 4 saturated carbocycles. The third-order valence-electron chi connectivity index (χ3n) is 7.27. The molecular weight excluding hydrogens is 441 g/mol. The summed E-state index contributed by atoms with van der Waals surface area (Å²) < 4.78 is 1.51. The number of hydrogen-bond acceptors (Lipinski definition) is 5. The summed E-state index contributed by atoms with van der Waals surface area (Å²) in [7, 11) is 0. The van der Waals surface area contributed by atoms with Crippen LogP contribution in [-0.4, -0.2) is 26.0 Å². The highest BCUT2D eigenvalue weighted by Crippen LogP contribution is 2.65. The van der Waals surface area contributed by atoms with Crippen molar-refractivity contribution in [2.24, 2.45) is 17.3 Å². The van der Waals surface area contributed by atoms with Crippen molar-refractivity contribution in [3.8, 4) is 5.75 Å². The number of benzene rings is 1. The summed E-state index contributed by atoms with van der Waals surface area (Å²) in [4.78, 5) is 24.9. The maximum Gasteiger partial charge on any atom is 0.303 e. The van der Waals surface area contributed by atoms with E-state index in [9.17, 15) is 19.8 Å². The first-order valence-corrected chi connectivity index (χ1v) is 11.2. The van der Waals surface area contributed by atoms with Gasteiger partial charge in [-0.05, 0) is 74.0 Å². The van der Waals surface area contributed by atoms with E-state index in [-0.39, 0.29) is 28.3 Å². The molecule has 4 atom stereocenters. The number of carboxylic acids is 1. The lowest BCUT2D eigenvalue weighted by atomic mass is 9.46. The predicted molar refractivity (Wildman–Crippen MR) is 117 cm³/mol. The second-order valence-electron chi connectivity index (χ2n) is 9.63. The average molecular weight is 464 g/mol. The third kappa shape index (κ3) is 3.48. The van der Waals surface area contributed by atoms with Gasteiger partial charge in [0.05, 0.1) is 29.5 Å². The molecule has 6 rings (SSSR count). The van der Waals surface area contributed by atoms with Crippen molar-refractivity contribution in [1.29, 1.82) is 0 Å². The summed E-state index contributed by atoms with van der Waals surface area (Å²) in [5.74, 6) is 0.0150. The third-order valence-corrected chi connectivity index (χ3v) is 7.87. The molecule has 0 amide bonds. The Kier molecular flexibility index (Phi) is 4.75. The Labute approximate surface area is 189 Å². The molecule has 4 bridgehead atoms. The van der Waals surface area contributed by atoms with E-state index in [1.165, 1.54) is 23.0 Å². The number of carboxylic acid groups (broad SMARTS) is 1. The van der Waals surface area contributed by atoms with Gasteiger partial charge in [-0.1, -0.05) is 23.2 Å². The van der Waals surface area contributed by atoms with Gasteiger partial charge in [0.2, 0.25) is 0 Å². The summed E-state index contributed by atoms with van der Waals surface area (Å²) in [6.07, 6.45) is 6.85. The van der Waals surface area contributed by atoms with Gasteiger partial charge in [-0.3, -0.25) is 9.59 Å². The molecule has 1 heterocycles. The Morgan fingerprint density at radius 1 is 1.19 bits per heavy atom. The Morgan fingerprint density at radius 3 is 2.58 bits per heavy atom. The molecule has 1 aromatic carbocycles. The van der Waals surface area contributed by atoms with Gasteiger partial charge in [0.25, 0.3) is 5.56 Å². The smallest absolute Gasteiger partial charge is 0.303 e. The van der Waals surface area contributed by atoms with Crippen LogP contribution in [0.4, 0.5) is 11.4 Å². The monoisotopic (exact) mass is 463 g/mol. The molecule has 2 aromatic rings. The number of anilines is 2. The Hall–Kier alpha value is -2.25. The SMILES string of the molecule is O=C(O)CC12C[C@H]3C[C@@H](C1)CC(n1ncc(Nc4cc(Cl)ccc4O)c(Cl)c1=O)(C3)C2. The molecule has 0 radical (unpaired) electrons. The first-order valence-electron chi connectivity index (χ1n) is 10.4. The standard InChI is InChI=1S/C22H23Cl2N3O4/c23-14-1-2-17(28)15(4-14)26-16-10-25-27(20(31)19(16)24)22-7-12-3-13(8-22)6-21(5-12,11-22)9-18(29)30/h1-2,4,10,12-13,26,28H,3,5-9,11H2,(H,29,30)/t12-,13+,21?,22?. The van der Waals surface area contributed by atoms with Crippen LogP contribution in [0.2, 0.25) is 10.0 Å². The first-order chi connectivity index (χ1) is 14.7. The highest BCUT2D eigenvalue weighted by molar-refractivity contribution is 6.33. The normalized spacial score (nSPS) is 31.0. The number of phenols is 1. The average Bonchev–Trinajstić information content (AvgIpc) is 2.66. The van der Waals surface area contributed by atoms with Crippen molar-refractivity contribution in [3.05, 3.63) is 44.8 Å². The zero-order valence-electron chi connectivity index (χ0n) is 16.8. The fraction of sp³-hybridized carbons (Fsp3) is 0.500. The van der Waals surface area contributed by atoms with E-state index >= 15 is 0 Å². The van der Waals surface area contributed by atoms with Gasteiger partial charge in [0.1, 0.15) is 10.8 Å². The van der Waals surface area contributed by atoms with Crippen molar-refractivity contribution >= 4 is 40.5 Å². The van der Waals surface area contributed by atoms with Gasteiger partial charge in [0, 0.05) is 5.02 Å². The molecule has 1 aromatic heterocycles. The first kappa shape index (κ1) is 20.6. The van der Waals surface area contributed by atoms with E-state index in [2.05, 4.69) is 10.4 Å². The Morgan fingerprint density at radius 2 is 1.90 bits per heavy atom. The molecule has 4 aliphatic carbocycles. The fourth-order valence-electron chi connectivity index (χ4n) is 6.79. The minimum Gasteiger partial charge on any atom is -0.506 e. The minimum absolute atomic E-state index is 0.0163. The summed E-state index contributed by atoms with van der Waals surface area (Å²) in [5.41, 5.74) is -0.557. The van der Waals surface area contributed by atoms with Crippen molar-refractivity contribution < 1.29 is 15.0 Å². The van der Waals surface area contributed by atoms with Crippen molar-refractivity contribution in [2.45, 2.75) is 50.5 Å². The number of aliphatic carboxylic acids is 1. The van der Waals surface area contributed by atoms with E-state index in [1.807, 2.05) is 0 Å². The maximum atomic E-state index is 13.3. The van der Waals surface area contributed by atoms with Crippen LogP contribution in [0.3, 0.4) is 0 Å². The molecule has 2 unspecified atom stereocenters. The van der Waals surface area contributed by atoms with Crippen LogP contribution < -0.4 is 10.9 Å². The summed E-state index contributed by atoms with van der Waals surface area (Å²) in [5, 5.41) is 27.4. The van der Waals surface area contributed by atoms with Gasteiger partial charge < -0.3 is 15.5 Å². The number of nitrogens with zero attached hydrogens (tertiary/aromatic N) is 2. The lowest BCUT2D eigenvalue weighted by Crippen LogP contribution is -2.59. The lowest BCUT2D eigenvalue weighted by molar-refractivity contribution is -0.151. The maximum absolute atomic E-state index is 13.3. The molecular formula is C22H23Cl2N3O4. The lowest BCUT2D eigenvalue weighted by Gasteiger charge is -2.61. The Bertz CT molecular complexity index is 1120. The van der Waals surface area contributed by atoms with Crippen molar-refractivity contribution in [1.82, 2.24) is 9.78 Å². The molecule has 0 spiro atoms. The molecule has 3 N–H and O–H groups in total. The van der Waals surface area contributed by atoms with Crippen LogP contribution in [0.25, 0.3) is 0 Å². The molecule has 0 saturated heterocycles. The van der Waals surface area contributed by atoms with E-state index in [1.54, 1.807) is 6.07 Å². The van der Waals surface area contributed by atoms with Gasteiger partial charge in [-0.15, -0.1) is 0 Å². The van der Waals surface area contributed by atoms with Crippen LogP contribution in [0.15, 0.2) is 29.2 Å². The van der Waals surface area contributed by atoms with Gasteiger partial charge >= 0.3 is 5.97 Å². The van der Waals surface area contributed by atoms with E-state index < -0.39 is 17.1 Å². The second-order valence-corrected chi connectivity index (χ2v) is 10.4. The second kappa shape index (κ2) is 7.14. The summed E-state index contributed by atoms with van der Waals surface area (Å²) >= 11 is 12.5. The summed E-state index contributed by atoms with van der Waals surface area (Å²) in [6.45, 7) is 0. The number of nitrogens with one attached hydrogen (secondary N) is 1. The summed E-state index contributed by atoms with van der Waals surface area (Å²) in [6, 6.07) is 4.54. The van der Waals surface area contributed by atoms with E-state index in [0.29, 0.717) is 29.0 Å². The number of carbonyl (C=O) groups is 1. The van der Waals surface area contributed by atoms with Crippen LogP contribution >= 0.6 is 23.2 Å². The largest absolute Gasteiger partial charge is 0.506 e. The van der Waals surface area contributed by atoms with Crippen LogP contribution in [0, 0.1) is 17.3 Å². The molecule has 7 nitrogen and oxygen atoms in total. The highest BCUT2D eigenvalue weighted by atomic mass is 35.5. The van der Waals surface area contributed by atoms with Crippen LogP contribution in [0.1, 0.15) is 44.9 Å². The van der Waals surface area contributed by atoms with Crippen molar-refractivity contribution in [3.63, 3.8) is 0 Å². The molecule has 4 aliphatic rings. The van der Waals surface area contributed by atoms with E-state index in [0.717, 1.165) is 32.1 Å². The van der Waals surface area contributed by atoms with E-state index in [4.69, 9.17) is 23.2 Å². The van der Waals surface area contributed by atoms with Crippen molar-refractivity contribution in [2.75, 3.05) is 5.32 Å². The molecule has 4 fully saturated rings. The van der Waals surface area contributed by atoms with Gasteiger partial charge in [-0.25, -0.2) is 4.68 Å². The number of aromatic nitrogens is 2. The Balaban J connectivity index is 1.51. The molecule has 164 valence electrons. The van der Waals surface area contributed by atoms with Gasteiger partial charge in [0.15, 0.2) is 0 Å². The number of aromatic hydroxyl groups is 1. The molecule has 31 heavy (non-hydrogen) atoms. The molecule has 0 aliphatic heterocycles. The topological polar surface area (TPSA) is 104 Å². The van der Waals surface area contributed by atoms with Gasteiger partial charge in [-0.2, -0.15) is 5.10 Å². The quantitative estimate of drug-likeness (QED) is 0.551. The fourth-order valence-corrected chi connectivity index (χ4v) is 7.14. The number of halogens is 2. The highest BCUT2D eigenvalue weighted by Gasteiger charge is 2.59. The number of rotatable bonds is 5. The zero-order chi connectivity index (χ0) is 22.0. The van der Waals surface area contributed by atoms with Crippen LogP contribution in [-0.2, 0) is 10.3 Å². The minimum atomic E-state index is -0.781. The molecule has 9 heteroatoms. The number of phenolic OH excluding ortho intramolecular Hbond substituents is 1. The number of hydrogen-bond donors (Lipinski definition) is 3. The zero-order valence-corrected chi connectivity index (χ0v) is 18.3. The van der Waals surface area contributed by atoms with Crippen LogP contribution in [0.5, 0.6) is 5.75 Å².